The minimum atomic E-state index is -0.122. The van der Waals surface area contributed by atoms with E-state index in [1.807, 2.05) is 0 Å². The summed E-state index contributed by atoms with van der Waals surface area (Å²) >= 11 is 0. The monoisotopic (exact) mass is 789 g/mol. The van der Waals surface area contributed by atoms with Gasteiger partial charge in [0.2, 0.25) is 0 Å². The van der Waals surface area contributed by atoms with Crippen molar-refractivity contribution in [3.63, 3.8) is 0 Å². The van der Waals surface area contributed by atoms with E-state index in [0.717, 1.165) is 17.1 Å². The fourth-order valence-corrected chi connectivity index (χ4v) is 10.5. The van der Waals surface area contributed by atoms with E-state index in [4.69, 9.17) is 0 Å². The van der Waals surface area contributed by atoms with Crippen molar-refractivity contribution < 1.29 is 0 Å². The molecule has 0 amide bonds. The van der Waals surface area contributed by atoms with Crippen LogP contribution in [0.3, 0.4) is 0 Å². The Kier molecular flexibility index (Phi) is 8.27. The fraction of sp³-hybridized carbons (Fsp3) is 0.0492. The van der Waals surface area contributed by atoms with Gasteiger partial charge in [-0.3, -0.25) is 0 Å². The van der Waals surface area contributed by atoms with Crippen molar-refractivity contribution in [3.05, 3.63) is 236 Å². The molecule has 11 aromatic carbocycles. The average Bonchev–Trinajstić information content (AvgIpc) is 3.56. The first-order valence-corrected chi connectivity index (χ1v) is 21.7. The highest BCUT2D eigenvalue weighted by Crippen LogP contribution is 2.51. The maximum absolute atomic E-state index is 2.43. The van der Waals surface area contributed by atoms with Crippen molar-refractivity contribution in [1.82, 2.24) is 0 Å². The van der Waals surface area contributed by atoms with Crippen LogP contribution in [0, 0.1) is 0 Å². The van der Waals surface area contributed by atoms with Crippen LogP contribution in [0.2, 0.25) is 0 Å². The van der Waals surface area contributed by atoms with Crippen molar-refractivity contribution >= 4 is 60.2 Å². The Morgan fingerprint density at radius 3 is 1.39 bits per heavy atom. The topological polar surface area (TPSA) is 3.24 Å². The zero-order valence-electron chi connectivity index (χ0n) is 34.8. The van der Waals surface area contributed by atoms with Crippen LogP contribution in [0.25, 0.3) is 87.6 Å². The first kappa shape index (κ1) is 36.1. The molecule has 0 unspecified atom stereocenters. The molecule has 0 N–H and O–H groups in total. The van der Waals surface area contributed by atoms with Gasteiger partial charge in [0.15, 0.2) is 0 Å². The molecule has 292 valence electrons. The Hall–Kier alpha value is -7.74. The summed E-state index contributed by atoms with van der Waals surface area (Å²) in [6.07, 6.45) is 0. The van der Waals surface area contributed by atoms with Crippen LogP contribution in [0.15, 0.2) is 224 Å². The van der Waals surface area contributed by atoms with Gasteiger partial charge in [0.1, 0.15) is 0 Å². The van der Waals surface area contributed by atoms with Crippen LogP contribution >= 0.6 is 0 Å². The highest BCUT2D eigenvalue weighted by atomic mass is 15.1. The summed E-state index contributed by atoms with van der Waals surface area (Å²) in [5.41, 5.74) is 16.0. The molecule has 1 heteroatoms. The van der Waals surface area contributed by atoms with Gasteiger partial charge >= 0.3 is 0 Å². The quantitative estimate of drug-likeness (QED) is 0.152. The van der Waals surface area contributed by atoms with Crippen molar-refractivity contribution in [2.45, 2.75) is 19.3 Å². The molecule has 0 heterocycles. The first-order valence-electron chi connectivity index (χ1n) is 21.7. The molecule has 0 aliphatic heterocycles. The molecular weight excluding hydrogens is 747 g/mol. The second-order valence-electron chi connectivity index (χ2n) is 17.2. The van der Waals surface area contributed by atoms with Crippen LogP contribution in [0.5, 0.6) is 0 Å². The molecule has 1 aliphatic carbocycles. The summed E-state index contributed by atoms with van der Waals surface area (Å²) in [4.78, 5) is 2.43. The lowest BCUT2D eigenvalue weighted by molar-refractivity contribution is 0.660. The summed E-state index contributed by atoms with van der Waals surface area (Å²) in [6.45, 7) is 4.73. The summed E-state index contributed by atoms with van der Waals surface area (Å²) in [7, 11) is 0. The molecule has 11 aromatic rings. The number of anilines is 3. The molecule has 0 saturated heterocycles. The molecule has 0 fully saturated rings. The van der Waals surface area contributed by atoms with Crippen molar-refractivity contribution in [2.75, 3.05) is 4.90 Å². The SMILES string of the molecule is CC1(C)c2ccccc2-c2ccc(N(c3ccc(-c4cc5ccccc5c5ccccc45)cc3)c3ccc(-c4c(-c5ccccc5)c5ccccc5c5ccccc45)cc3)cc21. The van der Waals surface area contributed by atoms with Gasteiger partial charge in [-0.1, -0.05) is 196 Å². The van der Waals surface area contributed by atoms with Gasteiger partial charge in [-0.05, 0) is 141 Å². The van der Waals surface area contributed by atoms with Gasteiger partial charge in [-0.2, -0.15) is 0 Å². The average molecular weight is 790 g/mol. The van der Waals surface area contributed by atoms with Crippen molar-refractivity contribution in [2.24, 2.45) is 0 Å². The minimum absolute atomic E-state index is 0.122. The molecule has 0 spiro atoms. The van der Waals surface area contributed by atoms with Crippen LogP contribution < -0.4 is 4.90 Å². The second kappa shape index (κ2) is 14.2. The van der Waals surface area contributed by atoms with E-state index in [2.05, 4.69) is 243 Å². The van der Waals surface area contributed by atoms with E-state index >= 15 is 0 Å². The third kappa shape index (κ3) is 5.62. The summed E-state index contributed by atoms with van der Waals surface area (Å²) in [5, 5.41) is 10.1. The van der Waals surface area contributed by atoms with E-state index in [1.165, 1.54) is 98.7 Å². The number of benzene rings is 11. The molecule has 0 aromatic heterocycles. The molecule has 1 aliphatic rings. The molecule has 0 bridgehead atoms. The predicted octanol–water partition coefficient (Wildman–Crippen LogP) is 17.1. The van der Waals surface area contributed by atoms with E-state index in [9.17, 15) is 0 Å². The number of fused-ring (bicyclic) bond motifs is 9. The summed E-state index contributed by atoms with van der Waals surface area (Å²) < 4.78 is 0. The molecule has 0 saturated carbocycles. The largest absolute Gasteiger partial charge is 0.310 e. The zero-order valence-corrected chi connectivity index (χ0v) is 34.8. The highest BCUT2D eigenvalue weighted by molar-refractivity contribution is 6.21. The first-order chi connectivity index (χ1) is 30.5. The Morgan fingerprint density at radius 2 is 0.742 bits per heavy atom. The minimum Gasteiger partial charge on any atom is -0.310 e. The Balaban J connectivity index is 1.03. The lowest BCUT2D eigenvalue weighted by Crippen LogP contribution is -2.16. The molecule has 1 nitrogen and oxygen atoms in total. The van der Waals surface area contributed by atoms with Gasteiger partial charge in [0.25, 0.3) is 0 Å². The van der Waals surface area contributed by atoms with Crippen LogP contribution in [0.4, 0.5) is 17.1 Å². The van der Waals surface area contributed by atoms with Crippen molar-refractivity contribution in [3.8, 4) is 44.5 Å². The molecular formula is C61H43N. The summed E-state index contributed by atoms with van der Waals surface area (Å²) in [5.74, 6) is 0. The maximum atomic E-state index is 2.43. The van der Waals surface area contributed by atoms with Crippen LogP contribution in [-0.2, 0) is 5.41 Å². The Labute approximate surface area is 362 Å². The van der Waals surface area contributed by atoms with Crippen molar-refractivity contribution in [1.29, 1.82) is 0 Å². The molecule has 62 heavy (non-hydrogen) atoms. The summed E-state index contributed by atoms with van der Waals surface area (Å²) in [6, 6.07) is 82.9. The zero-order chi connectivity index (χ0) is 41.4. The van der Waals surface area contributed by atoms with Crippen LogP contribution in [-0.4, -0.2) is 0 Å². The van der Waals surface area contributed by atoms with Gasteiger partial charge in [0, 0.05) is 22.5 Å². The molecule has 0 atom stereocenters. The van der Waals surface area contributed by atoms with E-state index in [0.29, 0.717) is 0 Å². The lowest BCUT2D eigenvalue weighted by Gasteiger charge is -2.28. The maximum Gasteiger partial charge on any atom is 0.0465 e. The number of nitrogens with zero attached hydrogens (tertiary/aromatic N) is 1. The number of hydrogen-bond donors (Lipinski definition) is 0. The predicted molar refractivity (Wildman–Crippen MR) is 265 cm³/mol. The number of rotatable bonds is 6. The van der Waals surface area contributed by atoms with E-state index in [-0.39, 0.29) is 5.41 Å². The van der Waals surface area contributed by atoms with E-state index < -0.39 is 0 Å². The second-order valence-corrected chi connectivity index (χ2v) is 17.2. The standard InChI is InChI=1S/C61H43N/c1-61(2)57-27-15-14-24-52(57)53-37-36-46(39-58(53)61)62(44-32-28-40(29-33-44)56-38-43-18-6-7-19-47(43)48-20-8-9-23-51(48)56)45-34-30-42(31-35-45)60-55-26-13-11-22-50(55)49-21-10-12-25-54(49)59(60)41-16-4-3-5-17-41/h3-39H,1-2H3. The molecule has 0 radical (unpaired) electrons. The van der Waals surface area contributed by atoms with Crippen LogP contribution in [0.1, 0.15) is 25.0 Å². The highest BCUT2D eigenvalue weighted by Gasteiger charge is 2.35. The lowest BCUT2D eigenvalue weighted by atomic mass is 9.82. The van der Waals surface area contributed by atoms with Gasteiger partial charge in [-0.25, -0.2) is 0 Å². The Morgan fingerprint density at radius 1 is 0.290 bits per heavy atom. The third-order valence-corrected chi connectivity index (χ3v) is 13.4. The van der Waals surface area contributed by atoms with Gasteiger partial charge < -0.3 is 4.90 Å². The molecule has 12 rings (SSSR count). The van der Waals surface area contributed by atoms with Gasteiger partial charge in [0.05, 0.1) is 0 Å². The smallest absolute Gasteiger partial charge is 0.0465 e. The van der Waals surface area contributed by atoms with E-state index in [1.54, 1.807) is 0 Å². The number of hydrogen-bond acceptors (Lipinski definition) is 1. The Bertz CT molecular complexity index is 3520. The third-order valence-electron chi connectivity index (χ3n) is 13.4. The normalized spacial score (nSPS) is 12.8. The fourth-order valence-electron chi connectivity index (χ4n) is 10.5. The van der Waals surface area contributed by atoms with Gasteiger partial charge in [-0.15, -0.1) is 0 Å².